The molecule has 1 amide bonds. The van der Waals surface area contributed by atoms with Gasteiger partial charge in [-0.15, -0.1) is 0 Å². The number of hydrogen-bond acceptors (Lipinski definition) is 4. The van der Waals surface area contributed by atoms with Crippen LogP contribution in [-0.2, 0) is 21.4 Å². The van der Waals surface area contributed by atoms with Gasteiger partial charge >= 0.3 is 0 Å². The molecule has 6 nitrogen and oxygen atoms in total. The van der Waals surface area contributed by atoms with Crippen molar-refractivity contribution in [2.45, 2.75) is 6.54 Å². The van der Waals surface area contributed by atoms with Gasteiger partial charge in [-0.05, 0) is 42.0 Å². The predicted octanol–water partition coefficient (Wildman–Crippen LogP) is 3.88. The zero-order chi connectivity index (χ0) is 20.7. The molecule has 0 bridgehead atoms. The van der Waals surface area contributed by atoms with Crippen LogP contribution in [0.5, 0.6) is 11.5 Å². The molecule has 0 unspecified atom stereocenters. The van der Waals surface area contributed by atoms with E-state index in [0.29, 0.717) is 17.2 Å². The fourth-order valence-corrected chi connectivity index (χ4v) is 3.40. The molecule has 0 atom stereocenters. The summed E-state index contributed by atoms with van der Waals surface area (Å²) in [7, 11) is -3.54. The van der Waals surface area contributed by atoms with Crippen LogP contribution in [0.1, 0.15) is 5.56 Å². The first-order chi connectivity index (χ1) is 13.9. The third-order valence-electron chi connectivity index (χ3n) is 4.11. The Morgan fingerprint density at radius 2 is 1.41 bits per heavy atom. The molecule has 0 heterocycles. The minimum absolute atomic E-state index is 0.136. The van der Waals surface area contributed by atoms with Gasteiger partial charge in [0.05, 0.1) is 12.8 Å². The Balaban J connectivity index is 1.61. The average molecular weight is 410 g/mol. The van der Waals surface area contributed by atoms with Gasteiger partial charge in [-0.1, -0.05) is 48.5 Å². The summed E-state index contributed by atoms with van der Waals surface area (Å²) in [4.78, 5) is 12.4. The largest absolute Gasteiger partial charge is 0.457 e. The van der Waals surface area contributed by atoms with Crippen LogP contribution >= 0.6 is 0 Å². The smallest absolute Gasteiger partial charge is 0.239 e. The van der Waals surface area contributed by atoms with Crippen molar-refractivity contribution >= 4 is 21.6 Å². The van der Waals surface area contributed by atoms with Crippen LogP contribution in [0.25, 0.3) is 0 Å². The highest BCUT2D eigenvalue weighted by atomic mass is 32.2. The maximum Gasteiger partial charge on any atom is 0.239 e. The number of nitrogens with zero attached hydrogens (tertiary/aromatic N) is 1. The first kappa shape index (κ1) is 20.6. The van der Waals surface area contributed by atoms with Gasteiger partial charge in [0.25, 0.3) is 0 Å². The molecular weight excluding hydrogens is 388 g/mol. The first-order valence-electron chi connectivity index (χ1n) is 9.02. The van der Waals surface area contributed by atoms with Gasteiger partial charge in [0.1, 0.15) is 11.5 Å². The molecule has 7 heteroatoms. The number of carbonyl (C=O) groups excluding carboxylic acids is 1. The van der Waals surface area contributed by atoms with E-state index in [1.165, 1.54) is 0 Å². The number of carbonyl (C=O) groups is 1. The number of amides is 1. The van der Waals surface area contributed by atoms with E-state index in [1.807, 2.05) is 60.7 Å². The van der Waals surface area contributed by atoms with Gasteiger partial charge in [-0.3, -0.25) is 4.79 Å². The number of para-hydroxylation sites is 1. The Hall–Kier alpha value is -3.16. The summed E-state index contributed by atoms with van der Waals surface area (Å²) in [5.41, 5.74) is 1.37. The highest BCUT2D eigenvalue weighted by molar-refractivity contribution is 7.88. The van der Waals surface area contributed by atoms with Gasteiger partial charge in [-0.25, -0.2) is 8.42 Å². The lowest BCUT2D eigenvalue weighted by atomic mass is 10.2. The molecule has 3 aromatic carbocycles. The van der Waals surface area contributed by atoms with E-state index < -0.39 is 15.9 Å². The summed E-state index contributed by atoms with van der Waals surface area (Å²) in [5.74, 6) is 0.938. The molecule has 0 aliphatic carbocycles. The molecule has 0 radical (unpaired) electrons. The third-order valence-corrected chi connectivity index (χ3v) is 5.30. The van der Waals surface area contributed by atoms with Gasteiger partial charge in [0.2, 0.25) is 15.9 Å². The Bertz CT molecular complexity index is 1040. The maximum absolute atomic E-state index is 12.4. The van der Waals surface area contributed by atoms with Crippen molar-refractivity contribution in [3.05, 3.63) is 90.5 Å². The van der Waals surface area contributed by atoms with Gasteiger partial charge in [-0.2, -0.15) is 4.31 Å². The van der Waals surface area contributed by atoms with Crippen molar-refractivity contribution in [2.75, 3.05) is 18.1 Å². The fourth-order valence-electron chi connectivity index (χ4n) is 2.67. The van der Waals surface area contributed by atoms with Crippen LogP contribution in [-0.4, -0.2) is 31.4 Å². The number of benzene rings is 3. The lowest BCUT2D eigenvalue weighted by Gasteiger charge is -2.19. The summed E-state index contributed by atoms with van der Waals surface area (Å²) in [6, 6.07) is 25.4. The Labute approximate surface area is 170 Å². The molecule has 3 rings (SSSR count). The average Bonchev–Trinajstić information content (AvgIpc) is 2.70. The molecule has 150 valence electrons. The molecule has 0 spiro atoms. The van der Waals surface area contributed by atoms with Gasteiger partial charge < -0.3 is 10.1 Å². The number of anilines is 1. The summed E-state index contributed by atoms with van der Waals surface area (Å²) in [6.07, 6.45) is 1.10. The molecule has 29 heavy (non-hydrogen) atoms. The third kappa shape index (κ3) is 6.44. The van der Waals surface area contributed by atoms with Gasteiger partial charge in [0.15, 0.2) is 0 Å². The van der Waals surface area contributed by atoms with Crippen molar-refractivity contribution in [3.63, 3.8) is 0 Å². The van der Waals surface area contributed by atoms with E-state index in [4.69, 9.17) is 4.74 Å². The lowest BCUT2D eigenvalue weighted by molar-refractivity contribution is -0.116. The number of nitrogens with one attached hydrogen (secondary N) is 1. The summed E-state index contributed by atoms with van der Waals surface area (Å²) in [5, 5.41) is 2.72. The van der Waals surface area contributed by atoms with Crippen LogP contribution in [0.2, 0.25) is 0 Å². The maximum atomic E-state index is 12.4. The second-order valence-electron chi connectivity index (χ2n) is 6.50. The Morgan fingerprint density at radius 3 is 2.00 bits per heavy atom. The zero-order valence-electron chi connectivity index (χ0n) is 16.0. The van der Waals surface area contributed by atoms with Crippen molar-refractivity contribution in [1.82, 2.24) is 4.31 Å². The topological polar surface area (TPSA) is 75.7 Å². The van der Waals surface area contributed by atoms with Crippen LogP contribution < -0.4 is 10.1 Å². The van der Waals surface area contributed by atoms with E-state index in [1.54, 1.807) is 24.3 Å². The number of ether oxygens (including phenoxy) is 1. The summed E-state index contributed by atoms with van der Waals surface area (Å²) in [6.45, 7) is -0.132. The van der Waals surface area contributed by atoms with Crippen LogP contribution in [0.15, 0.2) is 84.9 Å². The quantitative estimate of drug-likeness (QED) is 0.612. The second-order valence-corrected chi connectivity index (χ2v) is 8.49. The molecule has 0 fully saturated rings. The van der Waals surface area contributed by atoms with E-state index in [0.717, 1.165) is 16.1 Å². The Kier molecular flexibility index (Phi) is 6.64. The summed E-state index contributed by atoms with van der Waals surface area (Å²) >= 11 is 0. The van der Waals surface area contributed by atoms with Gasteiger partial charge in [0, 0.05) is 12.2 Å². The van der Waals surface area contributed by atoms with E-state index in [9.17, 15) is 13.2 Å². The fraction of sp³-hybridized carbons (Fsp3) is 0.136. The highest BCUT2D eigenvalue weighted by Crippen LogP contribution is 2.22. The van der Waals surface area contributed by atoms with Crippen LogP contribution in [0.3, 0.4) is 0 Å². The van der Waals surface area contributed by atoms with Crippen molar-refractivity contribution in [3.8, 4) is 11.5 Å². The van der Waals surface area contributed by atoms with E-state index in [-0.39, 0.29) is 13.1 Å². The zero-order valence-corrected chi connectivity index (χ0v) is 16.8. The first-order valence-corrected chi connectivity index (χ1v) is 10.9. The standard InChI is InChI=1S/C22H22N2O4S/c1-29(26,27)24(16-18-8-4-2-5-9-18)17-22(25)23-19-12-14-21(15-13-19)28-20-10-6-3-7-11-20/h2-15H,16-17H2,1H3,(H,23,25). The molecular formula is C22H22N2O4S. The minimum atomic E-state index is -3.54. The molecule has 0 saturated heterocycles. The van der Waals surface area contributed by atoms with Crippen molar-refractivity contribution < 1.29 is 17.9 Å². The number of sulfonamides is 1. The Morgan fingerprint density at radius 1 is 0.862 bits per heavy atom. The molecule has 0 aliphatic rings. The lowest BCUT2D eigenvalue weighted by Crippen LogP contribution is -2.36. The molecule has 0 aromatic heterocycles. The van der Waals surface area contributed by atoms with Crippen LogP contribution in [0.4, 0.5) is 5.69 Å². The monoisotopic (exact) mass is 410 g/mol. The molecule has 0 aliphatic heterocycles. The second kappa shape index (κ2) is 9.36. The van der Waals surface area contributed by atoms with Crippen LogP contribution in [0, 0.1) is 0 Å². The van der Waals surface area contributed by atoms with E-state index in [2.05, 4.69) is 5.32 Å². The number of rotatable bonds is 8. The highest BCUT2D eigenvalue weighted by Gasteiger charge is 2.20. The molecule has 0 saturated carbocycles. The summed E-state index contributed by atoms with van der Waals surface area (Å²) < 4.78 is 31.0. The molecule has 3 aromatic rings. The molecule has 1 N–H and O–H groups in total. The predicted molar refractivity (Wildman–Crippen MR) is 113 cm³/mol. The normalized spacial score (nSPS) is 11.2. The SMILES string of the molecule is CS(=O)(=O)N(CC(=O)Nc1ccc(Oc2ccccc2)cc1)Cc1ccccc1. The minimum Gasteiger partial charge on any atom is -0.457 e. The number of hydrogen-bond donors (Lipinski definition) is 1. The van der Waals surface area contributed by atoms with Crippen molar-refractivity contribution in [2.24, 2.45) is 0 Å². The van der Waals surface area contributed by atoms with E-state index >= 15 is 0 Å². The van der Waals surface area contributed by atoms with Crippen molar-refractivity contribution in [1.29, 1.82) is 0 Å².